The molecule has 2 aromatic carbocycles. The molecule has 0 aliphatic rings. The van der Waals surface area contributed by atoms with Gasteiger partial charge in [-0.15, -0.1) is 0 Å². The zero-order chi connectivity index (χ0) is 13.6. The van der Waals surface area contributed by atoms with Crippen molar-refractivity contribution in [3.05, 3.63) is 36.4 Å². The molecule has 0 saturated heterocycles. The highest BCUT2D eigenvalue weighted by molar-refractivity contribution is 7.92. The standard InChI is InChI=1S/C11H7F3O3S/c12-11(13,14)18(16,17)10-4-2-7-5-9(15)3-1-8(7)6-10/h1-6,15H. The van der Waals surface area contributed by atoms with Gasteiger partial charge in [0, 0.05) is 0 Å². The SMILES string of the molecule is O=S(=O)(c1ccc2cc(O)ccc2c1)C(F)(F)F. The summed E-state index contributed by atoms with van der Waals surface area (Å²) in [5.74, 6) is -0.0473. The maximum absolute atomic E-state index is 12.4. The molecule has 0 aromatic heterocycles. The van der Waals surface area contributed by atoms with Crippen molar-refractivity contribution in [3.63, 3.8) is 0 Å². The van der Waals surface area contributed by atoms with Crippen LogP contribution in [-0.4, -0.2) is 19.0 Å². The zero-order valence-corrected chi connectivity index (χ0v) is 9.59. The van der Waals surface area contributed by atoms with Crippen molar-refractivity contribution in [2.24, 2.45) is 0 Å². The highest BCUT2D eigenvalue weighted by Crippen LogP contribution is 2.32. The molecule has 0 bridgehead atoms. The van der Waals surface area contributed by atoms with Crippen LogP contribution in [0.15, 0.2) is 41.3 Å². The number of hydrogen-bond donors (Lipinski definition) is 1. The number of fused-ring (bicyclic) bond motifs is 1. The molecule has 0 unspecified atom stereocenters. The molecule has 0 atom stereocenters. The molecule has 0 radical (unpaired) electrons. The van der Waals surface area contributed by atoms with Gasteiger partial charge in [-0.3, -0.25) is 0 Å². The van der Waals surface area contributed by atoms with Gasteiger partial charge >= 0.3 is 5.51 Å². The second kappa shape index (κ2) is 3.88. The van der Waals surface area contributed by atoms with E-state index in [0.29, 0.717) is 10.8 Å². The van der Waals surface area contributed by atoms with Crippen LogP contribution in [0.25, 0.3) is 10.8 Å². The van der Waals surface area contributed by atoms with E-state index in [2.05, 4.69) is 0 Å². The maximum Gasteiger partial charge on any atom is 0.501 e. The van der Waals surface area contributed by atoms with Crippen LogP contribution in [0.4, 0.5) is 13.2 Å². The topological polar surface area (TPSA) is 54.4 Å². The third-order valence-electron chi connectivity index (χ3n) is 2.41. The summed E-state index contributed by atoms with van der Waals surface area (Å²) in [5.41, 5.74) is -5.32. The van der Waals surface area contributed by atoms with Crippen LogP contribution < -0.4 is 0 Å². The van der Waals surface area contributed by atoms with Crippen molar-refractivity contribution in [1.29, 1.82) is 0 Å². The average molecular weight is 276 g/mol. The maximum atomic E-state index is 12.4. The number of benzene rings is 2. The minimum absolute atomic E-state index is 0.0473. The lowest BCUT2D eigenvalue weighted by atomic mass is 10.1. The van der Waals surface area contributed by atoms with E-state index in [-0.39, 0.29) is 5.75 Å². The molecule has 0 saturated carbocycles. The Morgan fingerprint density at radius 3 is 2.11 bits per heavy atom. The fourth-order valence-electron chi connectivity index (χ4n) is 1.51. The molecule has 2 rings (SSSR count). The molecule has 2 aromatic rings. The third kappa shape index (κ3) is 2.01. The fraction of sp³-hybridized carbons (Fsp3) is 0.0909. The van der Waals surface area contributed by atoms with E-state index < -0.39 is 20.2 Å². The minimum atomic E-state index is -5.34. The van der Waals surface area contributed by atoms with E-state index >= 15 is 0 Å². The lowest BCUT2D eigenvalue weighted by molar-refractivity contribution is -0.0435. The first kappa shape index (κ1) is 12.7. The van der Waals surface area contributed by atoms with Gasteiger partial charge in [-0.05, 0) is 35.0 Å². The molecule has 0 heterocycles. The van der Waals surface area contributed by atoms with Crippen molar-refractivity contribution in [2.45, 2.75) is 10.4 Å². The van der Waals surface area contributed by atoms with E-state index in [0.717, 1.165) is 12.1 Å². The molecule has 0 fully saturated rings. The van der Waals surface area contributed by atoms with E-state index in [4.69, 9.17) is 0 Å². The number of halogens is 3. The van der Waals surface area contributed by atoms with Gasteiger partial charge < -0.3 is 5.11 Å². The Balaban J connectivity index is 2.65. The summed E-state index contributed by atoms with van der Waals surface area (Å²) >= 11 is 0. The molecule has 0 aliphatic heterocycles. The normalized spacial score (nSPS) is 12.8. The van der Waals surface area contributed by atoms with Gasteiger partial charge in [0.2, 0.25) is 0 Å². The molecule has 1 N–H and O–H groups in total. The number of hydrogen-bond acceptors (Lipinski definition) is 3. The lowest BCUT2D eigenvalue weighted by Gasteiger charge is -2.08. The monoisotopic (exact) mass is 276 g/mol. The van der Waals surface area contributed by atoms with Crippen LogP contribution in [0, 0.1) is 0 Å². The van der Waals surface area contributed by atoms with Crippen LogP contribution >= 0.6 is 0 Å². The minimum Gasteiger partial charge on any atom is -0.508 e. The van der Waals surface area contributed by atoms with Crippen LogP contribution in [0.5, 0.6) is 5.75 Å². The Bertz CT molecular complexity index is 705. The Labute approximate surface area is 100 Å². The molecule has 0 aliphatic carbocycles. The summed E-state index contributed by atoms with van der Waals surface area (Å²) in [5, 5.41) is 9.95. The van der Waals surface area contributed by atoms with Crippen LogP contribution in [0.2, 0.25) is 0 Å². The Morgan fingerprint density at radius 1 is 0.944 bits per heavy atom. The molecular weight excluding hydrogens is 269 g/mol. The summed E-state index contributed by atoms with van der Waals surface area (Å²) in [6, 6.07) is 6.96. The van der Waals surface area contributed by atoms with Gasteiger partial charge in [0.15, 0.2) is 0 Å². The summed E-state index contributed by atoms with van der Waals surface area (Å²) in [4.78, 5) is -0.812. The number of rotatable bonds is 1. The van der Waals surface area contributed by atoms with Crippen molar-refractivity contribution in [2.75, 3.05) is 0 Å². The van der Waals surface area contributed by atoms with Gasteiger partial charge in [0.25, 0.3) is 9.84 Å². The zero-order valence-electron chi connectivity index (χ0n) is 8.77. The smallest absolute Gasteiger partial charge is 0.501 e. The number of phenols is 1. The van der Waals surface area contributed by atoms with Gasteiger partial charge in [-0.2, -0.15) is 13.2 Å². The highest BCUT2D eigenvalue weighted by Gasteiger charge is 2.46. The molecule has 0 spiro atoms. The molecular formula is C11H7F3O3S. The van der Waals surface area contributed by atoms with E-state index in [1.54, 1.807) is 0 Å². The molecule has 96 valence electrons. The second-order valence-electron chi connectivity index (χ2n) is 3.64. The van der Waals surface area contributed by atoms with E-state index in [9.17, 15) is 26.7 Å². The second-order valence-corrected chi connectivity index (χ2v) is 5.58. The summed E-state index contributed by atoms with van der Waals surface area (Å²) in [6.45, 7) is 0. The van der Waals surface area contributed by atoms with Gasteiger partial charge in [-0.25, -0.2) is 8.42 Å². The van der Waals surface area contributed by atoms with E-state index in [1.165, 1.54) is 24.3 Å². The quantitative estimate of drug-likeness (QED) is 0.871. The first-order valence-electron chi connectivity index (χ1n) is 4.76. The van der Waals surface area contributed by atoms with Crippen molar-refractivity contribution in [1.82, 2.24) is 0 Å². The van der Waals surface area contributed by atoms with Crippen LogP contribution in [0.1, 0.15) is 0 Å². The summed E-state index contributed by atoms with van der Waals surface area (Å²) < 4.78 is 59.4. The molecule has 0 amide bonds. The number of sulfone groups is 1. The third-order valence-corrected chi connectivity index (χ3v) is 3.89. The highest BCUT2D eigenvalue weighted by atomic mass is 32.2. The molecule has 3 nitrogen and oxygen atoms in total. The van der Waals surface area contributed by atoms with Gasteiger partial charge in [-0.1, -0.05) is 12.1 Å². The number of alkyl halides is 3. The van der Waals surface area contributed by atoms with Gasteiger partial charge in [0.05, 0.1) is 4.90 Å². The molecule has 18 heavy (non-hydrogen) atoms. The first-order chi connectivity index (χ1) is 8.22. The fourth-order valence-corrected chi connectivity index (χ4v) is 2.31. The Hall–Kier alpha value is -1.76. The first-order valence-corrected chi connectivity index (χ1v) is 6.24. The van der Waals surface area contributed by atoms with Crippen molar-refractivity contribution < 1.29 is 26.7 Å². The Kier molecular flexibility index (Phi) is 2.73. The summed E-state index contributed by atoms with van der Waals surface area (Å²) in [6.07, 6.45) is 0. The predicted molar refractivity (Wildman–Crippen MR) is 58.9 cm³/mol. The predicted octanol–water partition coefficient (Wildman–Crippen LogP) is 2.84. The number of phenolic OH excluding ortho intramolecular Hbond substituents is 1. The molecule has 7 heteroatoms. The van der Waals surface area contributed by atoms with Crippen molar-refractivity contribution in [3.8, 4) is 5.75 Å². The average Bonchev–Trinajstić information content (AvgIpc) is 2.26. The van der Waals surface area contributed by atoms with E-state index in [1.807, 2.05) is 0 Å². The van der Waals surface area contributed by atoms with Crippen molar-refractivity contribution >= 4 is 20.6 Å². The van der Waals surface area contributed by atoms with Gasteiger partial charge in [0.1, 0.15) is 5.75 Å². The Morgan fingerprint density at radius 2 is 1.50 bits per heavy atom. The summed E-state index contributed by atoms with van der Waals surface area (Å²) in [7, 11) is -5.34. The van der Waals surface area contributed by atoms with Crippen LogP contribution in [-0.2, 0) is 9.84 Å². The lowest BCUT2D eigenvalue weighted by Crippen LogP contribution is -2.23. The van der Waals surface area contributed by atoms with Crippen LogP contribution in [0.3, 0.4) is 0 Å². The number of aromatic hydroxyl groups is 1. The largest absolute Gasteiger partial charge is 0.508 e.